The Bertz CT molecular complexity index is 1270. The molecule has 0 radical (unpaired) electrons. The van der Waals surface area contributed by atoms with Crippen molar-refractivity contribution in [3.05, 3.63) is 54.6 Å². The van der Waals surface area contributed by atoms with Gasteiger partial charge < -0.3 is 10.2 Å². The van der Waals surface area contributed by atoms with Gasteiger partial charge in [0.25, 0.3) is 0 Å². The highest BCUT2D eigenvalue weighted by Gasteiger charge is 2.26. The molecule has 0 atom stereocenters. The predicted octanol–water partition coefficient (Wildman–Crippen LogP) is 4.43. The van der Waals surface area contributed by atoms with E-state index in [2.05, 4.69) is 26.9 Å². The van der Waals surface area contributed by atoms with Gasteiger partial charge in [-0.05, 0) is 80.7 Å². The standard InChI is InChI=1S/C26H31N7O2S2/c27-20-24(25(32-16-6-2-7-17-32)29-26(36)28-21-10-4-1-5-11-21)31-30-22-12-14-23(15-13-22)37(34,35)33-18-8-3-9-19-33/h1,4-5,10-15,30H,2-3,6-9,16-19H2,(H,28,36)/b29-25-,31-24-. The van der Waals surface area contributed by atoms with Gasteiger partial charge in [0, 0.05) is 31.9 Å². The van der Waals surface area contributed by atoms with Crippen molar-refractivity contribution in [2.75, 3.05) is 36.9 Å². The smallest absolute Gasteiger partial charge is 0.243 e. The summed E-state index contributed by atoms with van der Waals surface area (Å²) >= 11 is 5.46. The number of thiocarbonyl (C=S) groups is 1. The van der Waals surface area contributed by atoms with E-state index in [-0.39, 0.29) is 15.7 Å². The Morgan fingerprint density at radius 3 is 2.11 bits per heavy atom. The summed E-state index contributed by atoms with van der Waals surface area (Å²) in [5.74, 6) is 0.410. The lowest BCUT2D eigenvalue weighted by molar-refractivity contribution is 0.346. The van der Waals surface area contributed by atoms with Crippen molar-refractivity contribution < 1.29 is 8.42 Å². The summed E-state index contributed by atoms with van der Waals surface area (Å²) in [6.07, 6.45) is 5.95. The van der Waals surface area contributed by atoms with E-state index in [4.69, 9.17) is 12.2 Å². The van der Waals surface area contributed by atoms with E-state index in [9.17, 15) is 13.7 Å². The van der Waals surface area contributed by atoms with Crippen molar-refractivity contribution in [1.29, 1.82) is 5.26 Å². The van der Waals surface area contributed by atoms with Gasteiger partial charge in [-0.2, -0.15) is 19.7 Å². The largest absolute Gasteiger partial charge is 0.354 e. The topological polar surface area (TPSA) is 113 Å². The van der Waals surface area contributed by atoms with Crippen LogP contribution in [0.1, 0.15) is 38.5 Å². The van der Waals surface area contributed by atoms with Gasteiger partial charge >= 0.3 is 0 Å². The zero-order valence-corrected chi connectivity index (χ0v) is 22.3. The van der Waals surface area contributed by atoms with Crippen LogP contribution >= 0.6 is 12.2 Å². The van der Waals surface area contributed by atoms with Gasteiger partial charge in [0.05, 0.1) is 10.6 Å². The number of sulfonamides is 1. The van der Waals surface area contributed by atoms with Gasteiger partial charge in [0.15, 0.2) is 10.9 Å². The molecule has 0 spiro atoms. The Kier molecular flexibility index (Phi) is 9.22. The molecule has 2 aromatic carbocycles. The fraction of sp³-hybridized carbons (Fsp3) is 0.385. The first kappa shape index (κ1) is 26.7. The number of aliphatic imine (C=N–C) groups is 1. The molecule has 2 aliphatic heterocycles. The van der Waals surface area contributed by atoms with E-state index in [0.29, 0.717) is 24.6 Å². The molecule has 2 heterocycles. The van der Waals surface area contributed by atoms with Gasteiger partial charge in [0.1, 0.15) is 6.07 Å². The van der Waals surface area contributed by atoms with Crippen LogP contribution in [-0.4, -0.2) is 60.5 Å². The van der Waals surface area contributed by atoms with Crippen molar-refractivity contribution in [2.24, 2.45) is 10.1 Å². The molecule has 194 valence electrons. The summed E-state index contributed by atoms with van der Waals surface area (Å²) < 4.78 is 27.3. The van der Waals surface area contributed by atoms with Crippen LogP contribution in [0.15, 0.2) is 69.6 Å². The van der Waals surface area contributed by atoms with E-state index < -0.39 is 10.0 Å². The van der Waals surface area contributed by atoms with Crippen LogP contribution in [0.5, 0.6) is 0 Å². The summed E-state index contributed by atoms with van der Waals surface area (Å²) in [6.45, 7) is 2.63. The van der Waals surface area contributed by atoms with E-state index in [1.165, 1.54) is 0 Å². The predicted molar refractivity (Wildman–Crippen MR) is 151 cm³/mol. The number of likely N-dealkylation sites (tertiary alicyclic amines) is 1. The molecular formula is C26H31N7O2S2. The lowest BCUT2D eigenvalue weighted by Gasteiger charge is -2.29. The van der Waals surface area contributed by atoms with E-state index in [1.807, 2.05) is 35.2 Å². The first-order chi connectivity index (χ1) is 18.0. The molecule has 11 heteroatoms. The quantitative estimate of drug-likeness (QED) is 0.242. The van der Waals surface area contributed by atoms with E-state index in [0.717, 1.165) is 57.3 Å². The van der Waals surface area contributed by atoms with E-state index >= 15 is 0 Å². The third-order valence-electron chi connectivity index (χ3n) is 6.31. The summed E-state index contributed by atoms with van der Waals surface area (Å²) in [7, 11) is -3.51. The zero-order valence-electron chi connectivity index (χ0n) is 20.6. The van der Waals surface area contributed by atoms with Crippen molar-refractivity contribution in [1.82, 2.24) is 9.21 Å². The normalized spacial score (nSPS) is 17.6. The maximum Gasteiger partial charge on any atom is 0.243 e. The van der Waals surface area contributed by atoms with Gasteiger partial charge in [-0.1, -0.05) is 24.6 Å². The molecule has 0 bridgehead atoms. The molecule has 37 heavy (non-hydrogen) atoms. The van der Waals surface area contributed by atoms with Crippen LogP contribution in [-0.2, 0) is 10.0 Å². The van der Waals surface area contributed by atoms with Crippen LogP contribution in [0.25, 0.3) is 0 Å². The second kappa shape index (κ2) is 12.8. The molecule has 2 aromatic rings. The minimum Gasteiger partial charge on any atom is -0.354 e. The molecule has 0 aliphatic carbocycles. The number of rotatable bonds is 6. The lowest BCUT2D eigenvalue weighted by Crippen LogP contribution is -2.41. The SMILES string of the molecule is N#CC(=N/Nc1ccc(S(=O)(=O)N2CCCCC2)cc1)/C(=N/C(=S)Nc1ccccc1)N1CCCCC1. The van der Waals surface area contributed by atoms with Crippen LogP contribution in [0.4, 0.5) is 11.4 Å². The Morgan fingerprint density at radius 2 is 1.49 bits per heavy atom. The minimum atomic E-state index is -3.51. The monoisotopic (exact) mass is 537 g/mol. The number of hydrazone groups is 1. The lowest BCUT2D eigenvalue weighted by atomic mass is 10.1. The first-order valence-electron chi connectivity index (χ1n) is 12.5. The molecule has 0 aromatic heterocycles. The molecule has 2 fully saturated rings. The maximum atomic E-state index is 12.9. The second-order valence-electron chi connectivity index (χ2n) is 8.95. The number of nitriles is 1. The summed E-state index contributed by atoms with van der Waals surface area (Å²) in [5.41, 5.74) is 4.35. The number of hydrogen-bond acceptors (Lipinski definition) is 6. The number of anilines is 2. The van der Waals surface area contributed by atoms with Crippen LogP contribution in [0.3, 0.4) is 0 Å². The maximum absolute atomic E-state index is 12.9. The number of hydrogen-bond donors (Lipinski definition) is 2. The van der Waals surface area contributed by atoms with Gasteiger partial charge in [-0.3, -0.25) is 5.43 Å². The third-order valence-corrected chi connectivity index (χ3v) is 8.42. The number of para-hydroxylation sites is 1. The number of nitrogens with one attached hydrogen (secondary N) is 2. The number of benzene rings is 2. The third kappa shape index (κ3) is 7.13. The first-order valence-corrected chi connectivity index (χ1v) is 14.4. The minimum absolute atomic E-state index is 0.101. The van der Waals surface area contributed by atoms with Gasteiger partial charge in [-0.15, -0.1) is 0 Å². The molecule has 0 amide bonds. The van der Waals surface area contributed by atoms with Crippen LogP contribution in [0.2, 0.25) is 0 Å². The summed E-state index contributed by atoms with van der Waals surface area (Å²) in [4.78, 5) is 6.84. The van der Waals surface area contributed by atoms with Crippen LogP contribution in [0, 0.1) is 11.3 Å². The average molecular weight is 538 g/mol. The Hall–Kier alpha value is -3.33. The summed E-state index contributed by atoms with van der Waals surface area (Å²) in [6, 6.07) is 18.0. The molecule has 2 saturated heterocycles. The van der Waals surface area contributed by atoms with Crippen molar-refractivity contribution in [3.63, 3.8) is 0 Å². The molecule has 0 saturated carbocycles. The van der Waals surface area contributed by atoms with Gasteiger partial charge in [0.2, 0.25) is 15.7 Å². The number of piperidine rings is 2. The van der Waals surface area contributed by atoms with Crippen molar-refractivity contribution in [3.8, 4) is 6.07 Å². The van der Waals surface area contributed by atoms with Crippen molar-refractivity contribution in [2.45, 2.75) is 43.4 Å². The Morgan fingerprint density at radius 1 is 0.865 bits per heavy atom. The average Bonchev–Trinajstić information content (AvgIpc) is 2.94. The number of amidine groups is 1. The van der Waals surface area contributed by atoms with E-state index in [1.54, 1.807) is 28.6 Å². The fourth-order valence-corrected chi connectivity index (χ4v) is 6.07. The molecule has 9 nitrogen and oxygen atoms in total. The zero-order chi connectivity index (χ0) is 26.1. The molecule has 2 N–H and O–H groups in total. The molecule has 2 aliphatic rings. The highest BCUT2D eigenvalue weighted by atomic mass is 32.2. The van der Waals surface area contributed by atoms with Crippen molar-refractivity contribution >= 4 is 50.3 Å². The summed E-state index contributed by atoms with van der Waals surface area (Å²) in [5, 5.41) is 17.6. The highest BCUT2D eigenvalue weighted by molar-refractivity contribution is 7.89. The Labute approximate surface area is 223 Å². The highest BCUT2D eigenvalue weighted by Crippen LogP contribution is 2.22. The molecule has 0 unspecified atom stereocenters. The molecule has 4 rings (SSSR count). The second-order valence-corrected chi connectivity index (χ2v) is 11.3. The van der Waals surface area contributed by atoms with Crippen LogP contribution < -0.4 is 10.7 Å². The number of nitrogens with zero attached hydrogens (tertiary/aromatic N) is 5. The van der Waals surface area contributed by atoms with Gasteiger partial charge in [-0.25, -0.2) is 8.42 Å². The molecular weight excluding hydrogens is 506 g/mol. The Balaban J connectivity index is 1.52. The fourth-order valence-electron chi connectivity index (χ4n) is 4.35.